The molecule has 0 saturated carbocycles. The third-order valence-electron chi connectivity index (χ3n) is 6.11. The van der Waals surface area contributed by atoms with Crippen molar-refractivity contribution in [1.29, 1.82) is 0 Å². The fourth-order valence-corrected chi connectivity index (χ4v) is 3.88. The highest BCUT2D eigenvalue weighted by Crippen LogP contribution is 2.20. The Labute approximate surface area is 224 Å². The van der Waals surface area contributed by atoms with Gasteiger partial charge in [-0.1, -0.05) is 96.8 Å². The average molecular weight is 547 g/mol. The van der Waals surface area contributed by atoms with Gasteiger partial charge < -0.3 is 29.9 Å². The first kappa shape index (κ1) is 35.6. The van der Waals surface area contributed by atoms with Crippen LogP contribution in [0.3, 0.4) is 0 Å². The first-order valence-corrected chi connectivity index (χ1v) is 13.8. The van der Waals surface area contributed by atoms with E-state index in [-0.39, 0.29) is 6.42 Å². The summed E-state index contributed by atoms with van der Waals surface area (Å²) in [6.45, 7) is 1.14. The van der Waals surface area contributed by atoms with E-state index in [4.69, 9.17) is 15.3 Å². The minimum atomic E-state index is -3.01. The summed E-state index contributed by atoms with van der Waals surface area (Å²) in [5.41, 5.74) is -3.01. The first-order chi connectivity index (χ1) is 18.1. The maximum Gasteiger partial charge on any atom is 0.347 e. The lowest BCUT2D eigenvalue weighted by molar-refractivity contribution is -0.186. The van der Waals surface area contributed by atoms with Gasteiger partial charge in [0.05, 0.1) is 19.4 Å². The molecular formula is C27H46O11. The normalized spacial score (nSPS) is 13.4. The summed E-state index contributed by atoms with van der Waals surface area (Å²) < 4.78 is 8.70. The number of carboxylic acids is 1. The third-order valence-corrected chi connectivity index (χ3v) is 6.11. The van der Waals surface area contributed by atoms with Crippen LogP contribution in [-0.2, 0) is 33.4 Å². The molecule has 0 aliphatic carbocycles. The van der Waals surface area contributed by atoms with Gasteiger partial charge in [0.15, 0.2) is 11.7 Å². The molecule has 11 heteroatoms. The molecule has 0 radical (unpaired) electrons. The van der Waals surface area contributed by atoms with E-state index in [1.807, 2.05) is 0 Å². The molecular weight excluding hydrogens is 500 g/mol. The van der Waals surface area contributed by atoms with E-state index in [2.05, 4.69) is 16.4 Å². The van der Waals surface area contributed by atoms with Crippen molar-refractivity contribution in [2.75, 3.05) is 6.61 Å². The summed E-state index contributed by atoms with van der Waals surface area (Å²) in [6.07, 6.45) is 12.6. The quantitative estimate of drug-likeness (QED) is 0.0837. The molecule has 0 aromatic heterocycles. The Morgan fingerprint density at radius 3 is 1.55 bits per heavy atom. The van der Waals surface area contributed by atoms with Crippen LogP contribution in [0.25, 0.3) is 0 Å². The fraction of sp³-hybridized carbons (Fsp3) is 0.815. The molecule has 0 saturated heterocycles. The largest absolute Gasteiger partial charge is 0.481 e. The Kier molecular flexibility index (Phi) is 20.2. The van der Waals surface area contributed by atoms with Gasteiger partial charge in [-0.15, -0.1) is 0 Å². The van der Waals surface area contributed by atoms with Crippen molar-refractivity contribution in [2.45, 2.75) is 134 Å². The van der Waals surface area contributed by atoms with E-state index in [0.29, 0.717) is 6.42 Å². The number of carbonyl (C=O) groups is 5. The molecule has 0 aliphatic heterocycles. The van der Waals surface area contributed by atoms with Crippen molar-refractivity contribution in [2.24, 2.45) is 0 Å². The number of esters is 4. The number of carboxylic acid groups (broad SMARTS) is 1. The number of unbranched alkanes of at least 4 members (excludes halogenated alkanes) is 14. The van der Waals surface area contributed by atoms with E-state index in [0.717, 1.165) is 25.7 Å². The highest BCUT2D eigenvalue weighted by molar-refractivity contribution is 5.97. The van der Waals surface area contributed by atoms with Crippen LogP contribution in [0.5, 0.6) is 0 Å². The molecule has 0 bridgehead atoms. The molecule has 0 fully saturated rings. The first-order valence-electron chi connectivity index (χ1n) is 13.8. The second kappa shape index (κ2) is 21.6. The predicted octanol–water partition coefficient (Wildman–Crippen LogP) is 3.34. The van der Waals surface area contributed by atoms with Crippen LogP contribution in [0.1, 0.15) is 122 Å². The minimum Gasteiger partial charge on any atom is -0.481 e. The van der Waals surface area contributed by atoms with Crippen LogP contribution in [0.15, 0.2) is 0 Å². The number of aliphatic hydroxyl groups excluding tert-OH is 2. The van der Waals surface area contributed by atoms with Crippen molar-refractivity contribution < 1.29 is 53.9 Å². The van der Waals surface area contributed by atoms with Gasteiger partial charge in [-0.3, -0.25) is 14.4 Å². The molecule has 11 nitrogen and oxygen atoms in total. The monoisotopic (exact) mass is 546 g/mol. The van der Waals surface area contributed by atoms with Gasteiger partial charge in [0.2, 0.25) is 0 Å². The topological polar surface area (TPSA) is 185 Å². The van der Waals surface area contributed by atoms with Crippen molar-refractivity contribution in [3.05, 3.63) is 0 Å². The molecule has 0 aromatic rings. The van der Waals surface area contributed by atoms with Gasteiger partial charge in [-0.2, -0.15) is 0 Å². The van der Waals surface area contributed by atoms with Crippen LogP contribution in [0, 0.1) is 0 Å². The van der Waals surface area contributed by atoms with Crippen LogP contribution >= 0.6 is 0 Å². The van der Waals surface area contributed by atoms with Crippen LogP contribution in [0.4, 0.5) is 0 Å². The number of hydrogen-bond donors (Lipinski definition) is 4. The van der Waals surface area contributed by atoms with Gasteiger partial charge >= 0.3 is 29.8 Å². The Morgan fingerprint density at radius 2 is 1.13 bits per heavy atom. The lowest BCUT2D eigenvalue weighted by Crippen LogP contribution is -2.46. The predicted molar refractivity (Wildman–Crippen MR) is 137 cm³/mol. The molecule has 0 heterocycles. The number of hydrogen-bond acceptors (Lipinski definition) is 10. The zero-order chi connectivity index (χ0) is 28.8. The van der Waals surface area contributed by atoms with Gasteiger partial charge in [0, 0.05) is 6.42 Å². The van der Waals surface area contributed by atoms with E-state index in [1.165, 1.54) is 64.2 Å². The number of aliphatic hydroxyl groups is 3. The molecule has 2 unspecified atom stereocenters. The average Bonchev–Trinajstić information content (AvgIpc) is 2.84. The Morgan fingerprint density at radius 1 is 0.684 bits per heavy atom. The summed E-state index contributed by atoms with van der Waals surface area (Å²) in [7, 11) is 0. The summed E-state index contributed by atoms with van der Waals surface area (Å²) in [5, 5.41) is 37.0. The summed E-state index contributed by atoms with van der Waals surface area (Å²) in [5.74, 6) is -7.42. The smallest absolute Gasteiger partial charge is 0.347 e. The van der Waals surface area contributed by atoms with E-state index < -0.39 is 61.0 Å². The molecule has 4 N–H and O–H groups in total. The lowest BCUT2D eigenvalue weighted by atomic mass is 9.95. The standard InChI is InChI=1S/C27H46O11/c1-2-3-4-5-6-7-8-9-10-11-12-13-14-15-16-17-23(32)37-24(33)19-27(36,18-22(30)31)26(35)38-25(34)21(29)20-28/h21,28-29,36H,2-20H2,1H3,(H,30,31). The molecule has 38 heavy (non-hydrogen) atoms. The number of aliphatic carboxylic acids is 1. The Bertz CT molecular complexity index is 722. The van der Waals surface area contributed by atoms with Crippen LogP contribution < -0.4 is 0 Å². The van der Waals surface area contributed by atoms with E-state index >= 15 is 0 Å². The number of ether oxygens (including phenoxy) is 2. The molecule has 0 aromatic carbocycles. The maximum atomic E-state index is 12.0. The lowest BCUT2D eigenvalue weighted by Gasteiger charge is -2.22. The second-order valence-corrected chi connectivity index (χ2v) is 9.73. The van der Waals surface area contributed by atoms with Crippen molar-refractivity contribution in [3.8, 4) is 0 Å². The van der Waals surface area contributed by atoms with Gasteiger partial charge in [-0.25, -0.2) is 9.59 Å². The van der Waals surface area contributed by atoms with Gasteiger partial charge in [0.1, 0.15) is 0 Å². The third kappa shape index (κ3) is 18.0. The van der Waals surface area contributed by atoms with Gasteiger partial charge in [0.25, 0.3) is 0 Å². The molecule has 0 spiro atoms. The summed E-state index contributed by atoms with van der Waals surface area (Å²) in [6, 6.07) is 0. The fourth-order valence-electron chi connectivity index (χ4n) is 3.88. The van der Waals surface area contributed by atoms with Crippen molar-refractivity contribution in [1.82, 2.24) is 0 Å². The SMILES string of the molecule is CCCCCCCCCCCCCCCCCC(=O)OC(=O)CC(O)(CC(=O)O)C(=O)OC(=O)C(O)CO. The van der Waals surface area contributed by atoms with Gasteiger partial charge in [-0.05, 0) is 6.42 Å². The minimum absolute atomic E-state index is 0.0625. The number of carbonyl (C=O) groups excluding carboxylic acids is 4. The number of rotatable bonds is 23. The molecule has 0 aliphatic rings. The van der Waals surface area contributed by atoms with Crippen molar-refractivity contribution >= 4 is 29.8 Å². The highest BCUT2D eigenvalue weighted by atomic mass is 16.6. The Hall–Kier alpha value is -2.37. The molecule has 220 valence electrons. The zero-order valence-corrected chi connectivity index (χ0v) is 22.7. The molecule has 2 atom stereocenters. The van der Waals surface area contributed by atoms with E-state index in [9.17, 15) is 29.1 Å². The summed E-state index contributed by atoms with van der Waals surface area (Å²) >= 11 is 0. The summed E-state index contributed by atoms with van der Waals surface area (Å²) in [4.78, 5) is 58.4. The van der Waals surface area contributed by atoms with Crippen LogP contribution in [0.2, 0.25) is 0 Å². The molecule has 0 amide bonds. The van der Waals surface area contributed by atoms with Crippen molar-refractivity contribution in [3.63, 3.8) is 0 Å². The zero-order valence-electron chi connectivity index (χ0n) is 22.7. The second-order valence-electron chi connectivity index (χ2n) is 9.73. The van der Waals surface area contributed by atoms with E-state index in [1.54, 1.807) is 0 Å². The molecule has 0 rings (SSSR count). The van der Waals surface area contributed by atoms with Crippen LogP contribution in [-0.4, -0.2) is 68.6 Å². The highest BCUT2D eigenvalue weighted by Gasteiger charge is 2.44. The Balaban J connectivity index is 4.10. The maximum absolute atomic E-state index is 12.0.